The number of hydrogen-bond acceptors (Lipinski definition) is 12. The van der Waals surface area contributed by atoms with Crippen molar-refractivity contribution in [3.63, 3.8) is 0 Å². The number of aliphatic hydroxyl groups is 1. The summed E-state index contributed by atoms with van der Waals surface area (Å²) in [4.78, 5) is 37.1. The number of rotatable bonds is 17. The minimum atomic E-state index is -1.32. The second-order valence-electron chi connectivity index (χ2n) is 7.68. The van der Waals surface area contributed by atoms with Crippen LogP contribution in [-0.4, -0.2) is 77.7 Å². The highest BCUT2D eigenvalue weighted by atomic mass is 33.1. The van der Waals surface area contributed by atoms with E-state index < -0.39 is 36.5 Å². The van der Waals surface area contributed by atoms with E-state index in [1.165, 1.54) is 13.8 Å². The number of thioether (sulfide) groups is 1. The van der Waals surface area contributed by atoms with Gasteiger partial charge < -0.3 is 30.4 Å². The molecule has 1 amide bonds. The maximum Gasteiger partial charge on any atom is 0.511 e. The van der Waals surface area contributed by atoms with E-state index in [0.717, 1.165) is 23.5 Å². The van der Waals surface area contributed by atoms with Gasteiger partial charge in [-0.25, -0.2) is 9.59 Å². The Morgan fingerprint density at radius 1 is 1.20 bits per heavy atom. The lowest BCUT2D eigenvalue weighted by Crippen LogP contribution is -2.51. The molecule has 0 radical (unpaired) electrons. The van der Waals surface area contributed by atoms with Crippen LogP contribution >= 0.6 is 44.7 Å². The molecule has 4 N–H and O–H groups in total. The average Bonchev–Trinajstić information content (AvgIpc) is 3.30. The van der Waals surface area contributed by atoms with Crippen LogP contribution in [0.5, 0.6) is 0 Å². The number of esters is 1. The van der Waals surface area contributed by atoms with Gasteiger partial charge in [-0.1, -0.05) is 21.6 Å². The monoisotopic (exact) mass is 568 g/mol. The third-order valence-corrected chi connectivity index (χ3v) is 8.56. The lowest BCUT2D eigenvalue weighted by Gasteiger charge is -2.24. The van der Waals surface area contributed by atoms with Crippen LogP contribution in [0, 0.1) is 5.92 Å². The molecule has 35 heavy (non-hydrogen) atoms. The molecule has 0 aromatic carbocycles. The first kappa shape index (κ1) is 31.9. The first-order valence-electron chi connectivity index (χ1n) is 11.2. The standard InChI is InChI=1S/C22H36N2O7S4/c1-5-29-22(28)31-15(3)30-21(27)19(14(2)25)24-20(26)17(10-16-6-9-33-11-16)12-34-35-13-18(23)7-8-32-4/h6,9,11,14-15,17-19,25H,5,7-8,10,12-13,23H2,1-4H3,(H,24,26). The van der Waals surface area contributed by atoms with Crippen molar-refractivity contribution in [1.29, 1.82) is 0 Å². The first-order valence-corrected chi connectivity index (χ1v) is 16.0. The van der Waals surface area contributed by atoms with Crippen LogP contribution in [0.4, 0.5) is 4.79 Å². The van der Waals surface area contributed by atoms with Crippen LogP contribution in [0.3, 0.4) is 0 Å². The Balaban J connectivity index is 2.72. The van der Waals surface area contributed by atoms with Crippen LogP contribution < -0.4 is 11.1 Å². The number of carbonyl (C=O) groups excluding carboxylic acids is 3. The van der Waals surface area contributed by atoms with E-state index >= 15 is 0 Å². The van der Waals surface area contributed by atoms with Gasteiger partial charge in [0.1, 0.15) is 0 Å². The zero-order valence-corrected chi connectivity index (χ0v) is 23.7. The number of thiophene rings is 1. The highest BCUT2D eigenvalue weighted by Crippen LogP contribution is 2.27. The van der Waals surface area contributed by atoms with Crippen LogP contribution in [0.15, 0.2) is 16.8 Å². The lowest BCUT2D eigenvalue weighted by molar-refractivity contribution is -0.173. The Bertz CT molecular complexity index is 752. The molecule has 0 bridgehead atoms. The van der Waals surface area contributed by atoms with Gasteiger partial charge in [-0.3, -0.25) is 4.79 Å². The fourth-order valence-corrected chi connectivity index (χ4v) is 6.52. The number of aliphatic hydroxyl groups excluding tert-OH is 1. The van der Waals surface area contributed by atoms with Gasteiger partial charge in [-0.15, -0.1) is 0 Å². The summed E-state index contributed by atoms with van der Waals surface area (Å²) in [5.41, 5.74) is 7.14. The fraction of sp³-hybridized carbons (Fsp3) is 0.682. The van der Waals surface area contributed by atoms with E-state index in [9.17, 15) is 19.5 Å². The SMILES string of the molecule is CCOC(=O)OC(C)OC(=O)C(NC(=O)C(CSSCC(N)CCSC)Cc1ccsc1)C(C)O. The Hall–Kier alpha value is -1.12. The summed E-state index contributed by atoms with van der Waals surface area (Å²) in [6, 6.07) is 0.728. The number of ether oxygens (including phenoxy) is 3. The normalized spacial score (nSPS) is 15.4. The van der Waals surface area contributed by atoms with Crippen molar-refractivity contribution in [3.8, 4) is 0 Å². The molecule has 0 spiro atoms. The number of hydrogen-bond donors (Lipinski definition) is 3. The van der Waals surface area contributed by atoms with Crippen molar-refractivity contribution >= 4 is 62.7 Å². The smallest absolute Gasteiger partial charge is 0.435 e. The molecule has 1 aromatic rings. The molecule has 0 saturated heterocycles. The van der Waals surface area contributed by atoms with Crippen molar-refractivity contribution in [2.45, 2.75) is 58.1 Å². The van der Waals surface area contributed by atoms with Gasteiger partial charge >= 0.3 is 12.1 Å². The summed E-state index contributed by atoms with van der Waals surface area (Å²) >= 11 is 3.31. The third-order valence-electron chi connectivity index (χ3n) is 4.60. The van der Waals surface area contributed by atoms with Crippen molar-refractivity contribution in [2.75, 3.05) is 30.1 Å². The molecule has 0 saturated carbocycles. The second-order valence-corrected chi connectivity index (χ2v) is 12.0. The topological polar surface area (TPSA) is 137 Å². The summed E-state index contributed by atoms with van der Waals surface area (Å²) in [6.45, 7) is 4.43. The molecule has 13 heteroatoms. The average molecular weight is 569 g/mol. The minimum absolute atomic E-state index is 0.0947. The van der Waals surface area contributed by atoms with Crippen molar-refractivity contribution in [3.05, 3.63) is 22.4 Å². The summed E-state index contributed by atoms with van der Waals surface area (Å²) in [7, 11) is 3.18. The lowest BCUT2D eigenvalue weighted by atomic mass is 10.0. The molecule has 0 aliphatic rings. The molecule has 1 rings (SSSR count). The molecule has 200 valence electrons. The quantitative estimate of drug-likeness (QED) is 0.110. The predicted octanol–water partition coefficient (Wildman–Crippen LogP) is 3.30. The molecular weight excluding hydrogens is 533 g/mol. The number of carbonyl (C=O) groups is 3. The van der Waals surface area contributed by atoms with E-state index in [1.54, 1.807) is 51.6 Å². The van der Waals surface area contributed by atoms with Crippen LogP contribution in [0.1, 0.15) is 32.8 Å². The van der Waals surface area contributed by atoms with Crippen molar-refractivity contribution < 1.29 is 33.7 Å². The minimum Gasteiger partial charge on any atom is -0.435 e. The predicted molar refractivity (Wildman–Crippen MR) is 145 cm³/mol. The van der Waals surface area contributed by atoms with Gasteiger partial charge in [0, 0.05) is 24.5 Å². The van der Waals surface area contributed by atoms with E-state index in [1.807, 2.05) is 23.1 Å². The number of amides is 1. The summed E-state index contributed by atoms with van der Waals surface area (Å²) in [5, 5.41) is 16.7. The maximum atomic E-state index is 13.1. The summed E-state index contributed by atoms with van der Waals surface area (Å²) in [6.07, 6.45) is 0.0224. The van der Waals surface area contributed by atoms with E-state index in [4.69, 9.17) is 15.2 Å². The number of nitrogens with one attached hydrogen (secondary N) is 1. The maximum absolute atomic E-state index is 13.1. The molecule has 5 atom stereocenters. The zero-order valence-electron chi connectivity index (χ0n) is 20.5. The highest BCUT2D eigenvalue weighted by Gasteiger charge is 2.32. The Morgan fingerprint density at radius 3 is 2.51 bits per heavy atom. The molecule has 1 aromatic heterocycles. The van der Waals surface area contributed by atoms with Gasteiger partial charge in [0.2, 0.25) is 12.2 Å². The largest absolute Gasteiger partial charge is 0.511 e. The van der Waals surface area contributed by atoms with Gasteiger partial charge in [0.05, 0.1) is 18.6 Å². The molecular formula is C22H36N2O7S4. The van der Waals surface area contributed by atoms with Gasteiger partial charge in [-0.05, 0) is 61.1 Å². The van der Waals surface area contributed by atoms with Gasteiger partial charge in [0.15, 0.2) is 6.04 Å². The molecule has 9 nitrogen and oxygen atoms in total. The highest BCUT2D eigenvalue weighted by molar-refractivity contribution is 8.76. The van der Waals surface area contributed by atoms with E-state index in [0.29, 0.717) is 12.2 Å². The third kappa shape index (κ3) is 13.7. The van der Waals surface area contributed by atoms with Crippen molar-refractivity contribution in [2.24, 2.45) is 11.7 Å². The Morgan fingerprint density at radius 2 is 1.91 bits per heavy atom. The molecule has 0 fully saturated rings. The Labute approximate surface area is 223 Å². The Kier molecular flexibility index (Phi) is 16.6. The van der Waals surface area contributed by atoms with Crippen LogP contribution in [0.25, 0.3) is 0 Å². The first-order chi connectivity index (χ1) is 16.7. The summed E-state index contributed by atoms with van der Waals surface area (Å²) < 4.78 is 14.5. The van der Waals surface area contributed by atoms with E-state index in [2.05, 4.69) is 10.1 Å². The van der Waals surface area contributed by atoms with E-state index in [-0.39, 0.29) is 18.6 Å². The van der Waals surface area contributed by atoms with Crippen molar-refractivity contribution in [1.82, 2.24) is 5.32 Å². The van der Waals surface area contributed by atoms with Crippen LogP contribution in [0.2, 0.25) is 0 Å². The van der Waals surface area contributed by atoms with Gasteiger partial charge in [-0.2, -0.15) is 23.1 Å². The molecule has 5 unspecified atom stereocenters. The summed E-state index contributed by atoms with van der Waals surface area (Å²) in [5.74, 6) is 0.561. The molecule has 0 aliphatic heterocycles. The van der Waals surface area contributed by atoms with Crippen LogP contribution in [-0.2, 0) is 30.2 Å². The zero-order chi connectivity index (χ0) is 26.2. The molecule has 0 aliphatic carbocycles. The molecule has 1 heterocycles. The number of nitrogens with two attached hydrogens (primary N) is 1. The fourth-order valence-electron chi connectivity index (χ4n) is 2.73. The van der Waals surface area contributed by atoms with Gasteiger partial charge in [0.25, 0.3) is 0 Å². The second kappa shape index (κ2) is 18.2.